The largest absolute Gasteiger partial charge is 0.311 e. The summed E-state index contributed by atoms with van der Waals surface area (Å²) in [4.78, 5) is 10.9. The number of hydrogen-bond acceptors (Lipinski definition) is 4. The topological polar surface area (TPSA) is 41.0 Å². The van der Waals surface area contributed by atoms with E-state index in [9.17, 15) is 0 Å². The lowest BCUT2D eigenvalue weighted by atomic mass is 9.99. The van der Waals surface area contributed by atoms with Crippen LogP contribution < -0.4 is 5.32 Å². The maximum Gasteiger partial charge on any atom is 0.115 e. The normalized spacial score (nSPS) is 24.8. The van der Waals surface area contributed by atoms with E-state index in [2.05, 4.69) is 41.0 Å². The van der Waals surface area contributed by atoms with Gasteiger partial charge in [0.25, 0.3) is 0 Å². The van der Waals surface area contributed by atoms with E-state index in [1.807, 2.05) is 12.3 Å². The molecule has 1 aliphatic heterocycles. The molecule has 1 N–H and O–H groups in total. The van der Waals surface area contributed by atoms with Crippen molar-refractivity contribution in [2.75, 3.05) is 13.1 Å². The van der Waals surface area contributed by atoms with Crippen molar-refractivity contribution >= 4 is 0 Å². The van der Waals surface area contributed by atoms with E-state index in [-0.39, 0.29) is 0 Å². The predicted molar refractivity (Wildman–Crippen MR) is 77.8 cm³/mol. The molecule has 1 fully saturated rings. The van der Waals surface area contributed by atoms with E-state index in [4.69, 9.17) is 0 Å². The zero-order chi connectivity index (χ0) is 13.7. The lowest BCUT2D eigenvalue weighted by Crippen LogP contribution is -2.56. The van der Waals surface area contributed by atoms with Crippen LogP contribution in [0.5, 0.6) is 0 Å². The summed E-state index contributed by atoms with van der Waals surface area (Å²) in [6, 6.07) is 3.26. The molecule has 2 heterocycles. The van der Waals surface area contributed by atoms with Crippen molar-refractivity contribution in [2.24, 2.45) is 5.92 Å². The highest BCUT2D eigenvalue weighted by molar-refractivity contribution is 4.99. The van der Waals surface area contributed by atoms with Gasteiger partial charge in [-0.15, -0.1) is 0 Å². The van der Waals surface area contributed by atoms with Gasteiger partial charge in [-0.2, -0.15) is 0 Å². The minimum atomic E-state index is 0.615. The first-order valence-electron chi connectivity index (χ1n) is 7.41. The Labute approximate surface area is 116 Å². The Morgan fingerprint density at radius 1 is 1.47 bits per heavy atom. The van der Waals surface area contributed by atoms with Gasteiger partial charge in [0.2, 0.25) is 0 Å². The average Bonchev–Trinajstić information content (AvgIpc) is 2.39. The molecule has 0 aromatic carbocycles. The highest BCUT2D eigenvalue weighted by atomic mass is 15.2. The molecule has 4 heteroatoms. The molecule has 1 aliphatic rings. The first-order chi connectivity index (χ1) is 9.19. The van der Waals surface area contributed by atoms with Gasteiger partial charge in [-0.25, -0.2) is 9.97 Å². The second-order valence-corrected chi connectivity index (χ2v) is 5.93. The van der Waals surface area contributed by atoms with E-state index >= 15 is 0 Å². The number of piperazine rings is 1. The molecule has 0 bridgehead atoms. The van der Waals surface area contributed by atoms with Gasteiger partial charge >= 0.3 is 0 Å². The first kappa shape index (κ1) is 14.4. The van der Waals surface area contributed by atoms with Crippen molar-refractivity contribution in [3.05, 3.63) is 24.3 Å². The van der Waals surface area contributed by atoms with Crippen LogP contribution in [0, 0.1) is 5.92 Å². The van der Waals surface area contributed by atoms with Gasteiger partial charge in [-0.05, 0) is 24.8 Å². The molecule has 1 saturated heterocycles. The van der Waals surface area contributed by atoms with E-state index < -0.39 is 0 Å². The van der Waals surface area contributed by atoms with Crippen molar-refractivity contribution in [2.45, 2.75) is 52.2 Å². The van der Waals surface area contributed by atoms with E-state index in [1.54, 1.807) is 6.33 Å². The third kappa shape index (κ3) is 4.25. The number of rotatable bonds is 5. The number of nitrogens with zero attached hydrogens (tertiary/aromatic N) is 3. The number of aromatic nitrogens is 2. The first-order valence-corrected chi connectivity index (χ1v) is 7.41. The fourth-order valence-electron chi connectivity index (χ4n) is 2.87. The minimum Gasteiger partial charge on any atom is -0.311 e. The van der Waals surface area contributed by atoms with Crippen LogP contribution in [0.2, 0.25) is 0 Å². The maximum absolute atomic E-state index is 4.35. The van der Waals surface area contributed by atoms with Crippen molar-refractivity contribution in [1.82, 2.24) is 20.2 Å². The van der Waals surface area contributed by atoms with Crippen LogP contribution >= 0.6 is 0 Å². The zero-order valence-electron chi connectivity index (χ0n) is 12.3. The SMILES string of the molecule is CCC1CNC(CC(C)C)CN1Cc1ccncn1. The van der Waals surface area contributed by atoms with Crippen molar-refractivity contribution in [3.8, 4) is 0 Å². The quantitative estimate of drug-likeness (QED) is 0.882. The lowest BCUT2D eigenvalue weighted by molar-refractivity contribution is 0.110. The molecule has 0 spiro atoms. The Hall–Kier alpha value is -1.00. The van der Waals surface area contributed by atoms with Crippen LogP contribution in [0.25, 0.3) is 0 Å². The van der Waals surface area contributed by atoms with E-state index in [0.717, 1.165) is 31.2 Å². The molecule has 0 radical (unpaired) electrons. The van der Waals surface area contributed by atoms with Gasteiger partial charge in [0.05, 0.1) is 5.69 Å². The average molecular weight is 262 g/mol. The van der Waals surface area contributed by atoms with Crippen molar-refractivity contribution in [1.29, 1.82) is 0 Å². The molecular weight excluding hydrogens is 236 g/mol. The molecule has 4 nitrogen and oxygen atoms in total. The molecule has 1 aromatic heterocycles. The Balaban J connectivity index is 1.97. The van der Waals surface area contributed by atoms with Crippen LogP contribution in [0.1, 0.15) is 39.3 Å². The van der Waals surface area contributed by atoms with Crippen LogP contribution in [-0.4, -0.2) is 40.0 Å². The molecule has 2 atom stereocenters. The smallest absolute Gasteiger partial charge is 0.115 e. The number of nitrogens with one attached hydrogen (secondary N) is 1. The standard InChI is InChI=1S/C15H26N4/c1-4-15-8-17-14(7-12(2)3)10-19(15)9-13-5-6-16-11-18-13/h5-6,11-12,14-15,17H,4,7-10H2,1-3H3. The Morgan fingerprint density at radius 2 is 2.32 bits per heavy atom. The maximum atomic E-state index is 4.35. The molecule has 0 amide bonds. The molecule has 2 unspecified atom stereocenters. The summed E-state index contributed by atoms with van der Waals surface area (Å²) in [6.45, 7) is 10.0. The van der Waals surface area contributed by atoms with Gasteiger partial charge in [0.15, 0.2) is 0 Å². The predicted octanol–water partition coefficient (Wildman–Crippen LogP) is 2.08. The van der Waals surface area contributed by atoms with E-state index in [1.165, 1.54) is 12.8 Å². The molecule has 106 valence electrons. The third-order valence-electron chi connectivity index (χ3n) is 3.85. The fraction of sp³-hybridized carbons (Fsp3) is 0.733. The summed E-state index contributed by atoms with van der Waals surface area (Å²) >= 11 is 0. The van der Waals surface area contributed by atoms with Crippen LogP contribution in [-0.2, 0) is 6.54 Å². The summed E-state index contributed by atoms with van der Waals surface area (Å²) < 4.78 is 0. The van der Waals surface area contributed by atoms with Crippen LogP contribution in [0.3, 0.4) is 0 Å². The third-order valence-corrected chi connectivity index (χ3v) is 3.85. The molecule has 1 aromatic rings. The summed E-state index contributed by atoms with van der Waals surface area (Å²) in [5.74, 6) is 0.747. The second-order valence-electron chi connectivity index (χ2n) is 5.93. The molecule has 0 aliphatic carbocycles. The monoisotopic (exact) mass is 262 g/mol. The summed E-state index contributed by atoms with van der Waals surface area (Å²) in [7, 11) is 0. The summed E-state index contributed by atoms with van der Waals surface area (Å²) in [5.41, 5.74) is 1.12. The highest BCUT2D eigenvalue weighted by Gasteiger charge is 2.27. The molecule has 2 rings (SSSR count). The Bertz CT molecular complexity index is 366. The minimum absolute atomic E-state index is 0.615. The lowest BCUT2D eigenvalue weighted by Gasteiger charge is -2.40. The Morgan fingerprint density at radius 3 is 2.95 bits per heavy atom. The molecule has 0 saturated carbocycles. The van der Waals surface area contributed by atoms with Gasteiger partial charge < -0.3 is 5.32 Å². The van der Waals surface area contributed by atoms with Crippen LogP contribution in [0.4, 0.5) is 0 Å². The van der Waals surface area contributed by atoms with Gasteiger partial charge in [0, 0.05) is 37.9 Å². The van der Waals surface area contributed by atoms with Gasteiger partial charge in [0.1, 0.15) is 6.33 Å². The van der Waals surface area contributed by atoms with Gasteiger partial charge in [-0.1, -0.05) is 20.8 Å². The highest BCUT2D eigenvalue weighted by Crippen LogP contribution is 2.17. The van der Waals surface area contributed by atoms with Gasteiger partial charge in [-0.3, -0.25) is 4.90 Å². The number of hydrogen-bond donors (Lipinski definition) is 1. The summed E-state index contributed by atoms with van der Waals surface area (Å²) in [6.07, 6.45) is 5.91. The fourth-order valence-corrected chi connectivity index (χ4v) is 2.87. The second kappa shape index (κ2) is 6.96. The van der Waals surface area contributed by atoms with Crippen molar-refractivity contribution < 1.29 is 0 Å². The van der Waals surface area contributed by atoms with Crippen molar-refractivity contribution in [3.63, 3.8) is 0 Å². The van der Waals surface area contributed by atoms with Crippen LogP contribution in [0.15, 0.2) is 18.6 Å². The Kier molecular flexibility index (Phi) is 5.28. The molecule has 19 heavy (non-hydrogen) atoms. The zero-order valence-corrected chi connectivity index (χ0v) is 12.3. The summed E-state index contributed by atoms with van der Waals surface area (Å²) in [5, 5.41) is 3.69. The molecular formula is C15H26N4. The van der Waals surface area contributed by atoms with E-state index in [0.29, 0.717) is 12.1 Å².